The molecule has 0 heterocycles. The Bertz CT molecular complexity index is 347. The van der Waals surface area contributed by atoms with E-state index in [9.17, 15) is 0 Å². The highest BCUT2D eigenvalue weighted by molar-refractivity contribution is 5.46. The van der Waals surface area contributed by atoms with Gasteiger partial charge < -0.3 is 10.2 Å². The van der Waals surface area contributed by atoms with Crippen LogP contribution in [0, 0.1) is 0 Å². The third-order valence-electron chi connectivity index (χ3n) is 3.33. The Hall–Kier alpha value is -1.02. The lowest BCUT2D eigenvalue weighted by Gasteiger charge is -2.17. The molecule has 2 heteroatoms. The molecule has 0 aromatic heterocycles. The van der Waals surface area contributed by atoms with Crippen molar-refractivity contribution in [3.05, 3.63) is 29.8 Å². The third-order valence-corrected chi connectivity index (χ3v) is 3.33. The number of hydrogen-bond acceptors (Lipinski definition) is 2. The van der Waals surface area contributed by atoms with Gasteiger partial charge in [-0.1, -0.05) is 44.7 Å². The van der Waals surface area contributed by atoms with Crippen LogP contribution in [0.5, 0.6) is 0 Å². The molecule has 2 nitrogen and oxygen atoms in total. The summed E-state index contributed by atoms with van der Waals surface area (Å²) in [6, 6.07) is 9.33. The lowest BCUT2D eigenvalue weighted by molar-refractivity contribution is 0.402. The van der Waals surface area contributed by atoms with Gasteiger partial charge in [0.25, 0.3) is 0 Å². The van der Waals surface area contributed by atoms with E-state index in [1.807, 2.05) is 0 Å². The minimum Gasteiger partial charge on any atom is -0.383 e. The molecule has 1 rings (SSSR count). The molecule has 0 aliphatic carbocycles. The van der Waals surface area contributed by atoms with E-state index in [1.165, 1.54) is 43.4 Å². The maximum Gasteiger partial charge on any atom is 0.0345 e. The third kappa shape index (κ3) is 7.22. The van der Waals surface area contributed by atoms with E-state index in [-0.39, 0.29) is 0 Å². The molecule has 0 bridgehead atoms. The van der Waals surface area contributed by atoms with Crippen LogP contribution in [-0.4, -0.2) is 25.0 Å². The summed E-state index contributed by atoms with van der Waals surface area (Å²) in [5.74, 6) is 0. The Labute approximate surface area is 119 Å². The molecule has 1 aromatic carbocycles. The van der Waals surface area contributed by atoms with Crippen molar-refractivity contribution in [2.45, 2.75) is 58.5 Å². The SMILES string of the molecule is CCCCCCC(C)Nc1cccc(CN(C)C)c1. The second-order valence-electron chi connectivity index (χ2n) is 5.83. The fourth-order valence-corrected chi connectivity index (χ4v) is 2.36. The van der Waals surface area contributed by atoms with E-state index in [0.29, 0.717) is 6.04 Å². The second kappa shape index (κ2) is 8.98. The summed E-state index contributed by atoms with van der Waals surface area (Å²) in [7, 11) is 4.22. The number of anilines is 1. The summed E-state index contributed by atoms with van der Waals surface area (Å²) in [6.07, 6.45) is 6.64. The van der Waals surface area contributed by atoms with Crippen LogP contribution in [0.2, 0.25) is 0 Å². The topological polar surface area (TPSA) is 15.3 Å². The molecule has 0 fully saturated rings. The van der Waals surface area contributed by atoms with Gasteiger partial charge in [0.1, 0.15) is 0 Å². The van der Waals surface area contributed by atoms with Crippen molar-refractivity contribution in [3.63, 3.8) is 0 Å². The van der Waals surface area contributed by atoms with Gasteiger partial charge in [-0.25, -0.2) is 0 Å². The van der Waals surface area contributed by atoms with Crippen LogP contribution in [0.1, 0.15) is 51.5 Å². The first-order chi connectivity index (χ1) is 9.11. The van der Waals surface area contributed by atoms with Gasteiger partial charge in [-0.2, -0.15) is 0 Å². The van der Waals surface area contributed by atoms with Crippen LogP contribution in [0.4, 0.5) is 5.69 Å². The highest BCUT2D eigenvalue weighted by Crippen LogP contribution is 2.15. The minimum absolute atomic E-state index is 0.562. The summed E-state index contributed by atoms with van der Waals surface area (Å²) in [6.45, 7) is 5.54. The molecule has 0 saturated heterocycles. The Morgan fingerprint density at radius 1 is 1.16 bits per heavy atom. The Balaban J connectivity index is 2.38. The molecule has 1 unspecified atom stereocenters. The minimum atomic E-state index is 0.562. The van der Waals surface area contributed by atoms with Gasteiger partial charge >= 0.3 is 0 Å². The van der Waals surface area contributed by atoms with Crippen molar-refractivity contribution in [1.29, 1.82) is 0 Å². The summed E-state index contributed by atoms with van der Waals surface area (Å²) in [5.41, 5.74) is 2.62. The van der Waals surface area contributed by atoms with Crippen LogP contribution in [-0.2, 0) is 6.54 Å². The van der Waals surface area contributed by atoms with Crippen molar-refractivity contribution in [2.24, 2.45) is 0 Å². The number of nitrogens with one attached hydrogen (secondary N) is 1. The van der Waals surface area contributed by atoms with Crippen molar-refractivity contribution in [1.82, 2.24) is 4.90 Å². The number of benzene rings is 1. The first kappa shape index (κ1) is 16.0. The van der Waals surface area contributed by atoms with E-state index >= 15 is 0 Å². The first-order valence-corrected chi connectivity index (χ1v) is 7.62. The Morgan fingerprint density at radius 3 is 2.63 bits per heavy atom. The van der Waals surface area contributed by atoms with Gasteiger partial charge in [0, 0.05) is 18.3 Å². The van der Waals surface area contributed by atoms with E-state index in [1.54, 1.807) is 0 Å². The zero-order valence-corrected chi connectivity index (χ0v) is 13.1. The molecule has 0 radical (unpaired) electrons. The van der Waals surface area contributed by atoms with Crippen LogP contribution in [0.15, 0.2) is 24.3 Å². The smallest absolute Gasteiger partial charge is 0.0345 e. The Kier molecular flexibility index (Phi) is 7.57. The van der Waals surface area contributed by atoms with Gasteiger partial charge in [0.15, 0.2) is 0 Å². The van der Waals surface area contributed by atoms with Crippen LogP contribution >= 0.6 is 0 Å². The van der Waals surface area contributed by atoms with Crippen LogP contribution in [0.3, 0.4) is 0 Å². The fraction of sp³-hybridized carbons (Fsp3) is 0.647. The molecule has 1 N–H and O–H groups in total. The molecule has 0 aliphatic heterocycles. The second-order valence-corrected chi connectivity index (χ2v) is 5.83. The van der Waals surface area contributed by atoms with Crippen LogP contribution in [0.25, 0.3) is 0 Å². The molecular weight excluding hydrogens is 232 g/mol. The molecule has 0 saturated carbocycles. The van der Waals surface area contributed by atoms with Crippen molar-refractivity contribution < 1.29 is 0 Å². The first-order valence-electron chi connectivity index (χ1n) is 7.62. The molecule has 1 aromatic rings. The average Bonchev–Trinajstić information content (AvgIpc) is 2.34. The maximum atomic E-state index is 3.61. The predicted molar refractivity (Wildman–Crippen MR) is 85.7 cm³/mol. The van der Waals surface area contributed by atoms with Gasteiger partial charge in [-0.15, -0.1) is 0 Å². The summed E-state index contributed by atoms with van der Waals surface area (Å²) >= 11 is 0. The van der Waals surface area contributed by atoms with E-state index in [0.717, 1.165) is 6.54 Å². The van der Waals surface area contributed by atoms with E-state index in [2.05, 4.69) is 62.4 Å². The maximum absolute atomic E-state index is 3.61. The normalized spacial score (nSPS) is 12.7. The lowest BCUT2D eigenvalue weighted by atomic mass is 10.1. The largest absolute Gasteiger partial charge is 0.383 e. The number of rotatable bonds is 9. The molecule has 0 amide bonds. The summed E-state index contributed by atoms with van der Waals surface area (Å²) in [4.78, 5) is 2.20. The van der Waals surface area contributed by atoms with Crippen LogP contribution < -0.4 is 5.32 Å². The molecule has 1 atom stereocenters. The zero-order chi connectivity index (χ0) is 14.1. The molecular formula is C17H30N2. The van der Waals surface area contributed by atoms with Crippen molar-refractivity contribution in [3.8, 4) is 0 Å². The highest BCUT2D eigenvalue weighted by Gasteiger charge is 2.03. The predicted octanol–water partition coefficient (Wildman–Crippen LogP) is 4.52. The summed E-state index contributed by atoms with van der Waals surface area (Å²) in [5, 5.41) is 3.61. The van der Waals surface area contributed by atoms with Gasteiger partial charge in [0.05, 0.1) is 0 Å². The monoisotopic (exact) mass is 262 g/mol. The summed E-state index contributed by atoms with van der Waals surface area (Å²) < 4.78 is 0. The quantitative estimate of drug-likeness (QED) is 0.658. The lowest BCUT2D eigenvalue weighted by Crippen LogP contribution is -2.15. The number of nitrogens with zero attached hydrogens (tertiary/aromatic N) is 1. The van der Waals surface area contributed by atoms with Crippen molar-refractivity contribution >= 4 is 5.69 Å². The van der Waals surface area contributed by atoms with E-state index in [4.69, 9.17) is 0 Å². The highest BCUT2D eigenvalue weighted by atomic mass is 15.0. The molecule has 0 spiro atoms. The average molecular weight is 262 g/mol. The molecule has 19 heavy (non-hydrogen) atoms. The van der Waals surface area contributed by atoms with Gasteiger partial charge in [-0.3, -0.25) is 0 Å². The number of hydrogen-bond donors (Lipinski definition) is 1. The number of unbranched alkanes of at least 4 members (excludes halogenated alkanes) is 3. The fourth-order valence-electron chi connectivity index (χ4n) is 2.36. The van der Waals surface area contributed by atoms with Gasteiger partial charge in [0.2, 0.25) is 0 Å². The van der Waals surface area contributed by atoms with Gasteiger partial charge in [-0.05, 0) is 45.1 Å². The zero-order valence-electron chi connectivity index (χ0n) is 13.1. The molecule has 0 aliphatic rings. The molecule has 108 valence electrons. The Morgan fingerprint density at radius 2 is 1.95 bits per heavy atom. The van der Waals surface area contributed by atoms with E-state index < -0.39 is 0 Å². The van der Waals surface area contributed by atoms with Crippen molar-refractivity contribution in [2.75, 3.05) is 19.4 Å². The standard InChI is InChI=1S/C17H30N2/c1-5-6-7-8-10-15(2)18-17-12-9-11-16(13-17)14-19(3)4/h9,11-13,15,18H,5-8,10,14H2,1-4H3.